The van der Waals surface area contributed by atoms with Crippen LogP contribution in [0.4, 0.5) is 0 Å². The van der Waals surface area contributed by atoms with Crippen LogP contribution in [0.2, 0.25) is 0 Å². The van der Waals surface area contributed by atoms with Gasteiger partial charge in [0.05, 0.1) is 13.2 Å². The molecule has 0 atom stereocenters. The Kier molecular flexibility index (Phi) is 5.57. The molecule has 3 aromatic rings. The van der Waals surface area contributed by atoms with Gasteiger partial charge in [0.15, 0.2) is 11.3 Å². The fourth-order valence-electron chi connectivity index (χ4n) is 4.26. The van der Waals surface area contributed by atoms with Gasteiger partial charge in [-0.2, -0.15) is 0 Å². The number of methoxy groups -OCH3 is 1. The maximum Gasteiger partial charge on any atom is 0.348 e. The number of esters is 1. The van der Waals surface area contributed by atoms with Crippen LogP contribution in [0.3, 0.4) is 0 Å². The molecule has 2 aliphatic rings. The van der Waals surface area contributed by atoms with Gasteiger partial charge in [0.1, 0.15) is 11.4 Å². The van der Waals surface area contributed by atoms with Gasteiger partial charge in [-0.3, -0.25) is 4.79 Å². The van der Waals surface area contributed by atoms with E-state index in [0.717, 1.165) is 28.7 Å². The molecule has 5 rings (SSSR count). The fraction of sp³-hybridized carbons (Fsp3) is 0.269. The number of H-pyrrole nitrogens is 1. The number of ketones is 1. The number of aromatic nitrogens is 2. The highest BCUT2D eigenvalue weighted by Crippen LogP contribution is 2.34. The van der Waals surface area contributed by atoms with E-state index in [2.05, 4.69) is 9.97 Å². The average molecular weight is 460 g/mol. The molecule has 8 nitrogen and oxygen atoms in total. The van der Waals surface area contributed by atoms with E-state index in [1.165, 1.54) is 5.56 Å². The van der Waals surface area contributed by atoms with Gasteiger partial charge in [-0.15, -0.1) is 0 Å². The van der Waals surface area contributed by atoms with Crippen LogP contribution in [-0.2, 0) is 32.0 Å². The number of hydrogen-bond acceptors (Lipinski definition) is 7. The second-order valence-corrected chi connectivity index (χ2v) is 8.52. The second kappa shape index (κ2) is 8.70. The minimum Gasteiger partial charge on any atom is -0.497 e. The van der Waals surface area contributed by atoms with Crippen LogP contribution in [0.5, 0.6) is 5.75 Å². The van der Waals surface area contributed by atoms with E-state index >= 15 is 0 Å². The molecular weight excluding hydrogens is 434 g/mol. The molecule has 0 radical (unpaired) electrons. The smallest absolute Gasteiger partial charge is 0.348 e. The van der Waals surface area contributed by atoms with E-state index in [1.54, 1.807) is 39.4 Å². The van der Waals surface area contributed by atoms with Crippen LogP contribution in [0.15, 0.2) is 59.9 Å². The SMILES string of the molecule is COc1ccc2c(c1)CN(C1=C(C(=O)OC(C)C)C(=O)/C(=C/c3c[nH]c4ncccc34)O1)CC2. The van der Waals surface area contributed by atoms with Crippen LogP contribution in [0.25, 0.3) is 17.1 Å². The number of aromatic amines is 1. The first kappa shape index (κ1) is 21.8. The zero-order chi connectivity index (χ0) is 23.8. The molecule has 0 spiro atoms. The third-order valence-electron chi connectivity index (χ3n) is 5.90. The summed E-state index contributed by atoms with van der Waals surface area (Å²) < 4.78 is 16.8. The molecule has 0 saturated heterocycles. The summed E-state index contributed by atoms with van der Waals surface area (Å²) in [5.74, 6) is -0.114. The molecule has 1 N–H and O–H groups in total. The van der Waals surface area contributed by atoms with Crippen molar-refractivity contribution < 1.29 is 23.8 Å². The Morgan fingerprint density at radius 3 is 2.91 bits per heavy atom. The number of nitrogens with one attached hydrogen (secondary N) is 1. The lowest BCUT2D eigenvalue weighted by atomic mass is 9.99. The van der Waals surface area contributed by atoms with Crippen molar-refractivity contribution in [3.63, 3.8) is 0 Å². The quantitative estimate of drug-likeness (QED) is 0.353. The Balaban J connectivity index is 1.52. The monoisotopic (exact) mass is 459 g/mol. The van der Waals surface area contributed by atoms with Crippen LogP contribution >= 0.6 is 0 Å². The Morgan fingerprint density at radius 1 is 1.26 bits per heavy atom. The van der Waals surface area contributed by atoms with Crippen molar-refractivity contribution in [2.24, 2.45) is 0 Å². The van der Waals surface area contributed by atoms with Crippen molar-refractivity contribution in [2.45, 2.75) is 32.9 Å². The normalized spacial score (nSPS) is 16.9. The largest absolute Gasteiger partial charge is 0.497 e. The number of allylic oxidation sites excluding steroid dienone is 1. The van der Waals surface area contributed by atoms with Crippen LogP contribution in [0, 0.1) is 0 Å². The second-order valence-electron chi connectivity index (χ2n) is 8.52. The molecule has 0 fully saturated rings. The lowest BCUT2D eigenvalue weighted by Gasteiger charge is -2.31. The molecule has 8 heteroatoms. The first-order valence-electron chi connectivity index (χ1n) is 11.2. The van der Waals surface area contributed by atoms with Gasteiger partial charge in [0, 0.05) is 36.4 Å². The topological polar surface area (TPSA) is 93.8 Å². The fourth-order valence-corrected chi connectivity index (χ4v) is 4.26. The number of carbonyl (C=O) groups is 2. The van der Waals surface area contributed by atoms with Gasteiger partial charge in [-0.05, 0) is 61.7 Å². The molecule has 0 saturated carbocycles. The van der Waals surface area contributed by atoms with Crippen LogP contribution < -0.4 is 4.74 Å². The summed E-state index contributed by atoms with van der Waals surface area (Å²) in [7, 11) is 1.63. The lowest BCUT2D eigenvalue weighted by Crippen LogP contribution is -2.32. The third kappa shape index (κ3) is 3.91. The molecule has 0 bridgehead atoms. The molecular formula is C26H25N3O5. The van der Waals surface area contributed by atoms with Crippen molar-refractivity contribution in [1.29, 1.82) is 0 Å². The maximum atomic E-state index is 13.4. The number of carbonyl (C=O) groups excluding carboxylic acids is 2. The number of nitrogens with zero attached hydrogens (tertiary/aromatic N) is 2. The van der Waals surface area contributed by atoms with Crippen molar-refractivity contribution in [3.8, 4) is 5.75 Å². The van der Waals surface area contributed by atoms with Gasteiger partial charge in [-0.1, -0.05) is 6.07 Å². The van der Waals surface area contributed by atoms with Crippen LogP contribution in [0.1, 0.15) is 30.5 Å². The summed E-state index contributed by atoms with van der Waals surface area (Å²) in [6, 6.07) is 9.68. The maximum absolute atomic E-state index is 13.4. The standard InChI is InChI=1S/C26H25N3O5/c1-15(2)33-26(31)22-23(30)21(12-17-13-28-24-20(17)5-4-9-27-24)34-25(22)29-10-8-16-6-7-19(32-3)11-18(16)14-29/h4-7,9,11-13,15H,8,10,14H2,1-3H3,(H,27,28)/b21-12-. The van der Waals surface area contributed by atoms with Crippen molar-refractivity contribution >= 4 is 28.9 Å². The highest BCUT2D eigenvalue weighted by atomic mass is 16.6. The van der Waals surface area contributed by atoms with E-state index in [1.807, 2.05) is 35.2 Å². The minimum absolute atomic E-state index is 0.0758. The van der Waals surface area contributed by atoms with Crippen molar-refractivity contribution in [2.75, 3.05) is 13.7 Å². The van der Waals surface area contributed by atoms with E-state index in [0.29, 0.717) is 18.7 Å². The minimum atomic E-state index is -0.685. The predicted molar refractivity (Wildman–Crippen MR) is 126 cm³/mol. The highest BCUT2D eigenvalue weighted by molar-refractivity contribution is 6.26. The number of ether oxygens (including phenoxy) is 3. The molecule has 174 valence electrons. The van der Waals surface area contributed by atoms with Gasteiger partial charge in [0.2, 0.25) is 11.7 Å². The molecule has 0 unspecified atom stereocenters. The molecule has 0 amide bonds. The van der Waals surface area contributed by atoms with E-state index in [9.17, 15) is 9.59 Å². The number of hydrogen-bond donors (Lipinski definition) is 1. The Bertz CT molecular complexity index is 1350. The predicted octanol–water partition coefficient (Wildman–Crippen LogP) is 3.73. The zero-order valence-electron chi connectivity index (χ0n) is 19.3. The Hall–Kier alpha value is -4.07. The van der Waals surface area contributed by atoms with E-state index in [4.69, 9.17) is 14.2 Å². The summed E-state index contributed by atoms with van der Waals surface area (Å²) in [6.07, 6.45) is 5.47. The van der Waals surface area contributed by atoms with Gasteiger partial charge in [0.25, 0.3) is 0 Å². The number of benzene rings is 1. The number of Topliss-reactive ketones (excluding diaryl/α,β-unsaturated/α-hetero) is 1. The van der Waals surface area contributed by atoms with E-state index in [-0.39, 0.29) is 23.3 Å². The number of pyridine rings is 1. The van der Waals surface area contributed by atoms with Gasteiger partial charge in [-0.25, -0.2) is 9.78 Å². The van der Waals surface area contributed by atoms with E-state index < -0.39 is 11.8 Å². The summed E-state index contributed by atoms with van der Waals surface area (Å²) >= 11 is 0. The molecule has 2 aromatic heterocycles. The third-order valence-corrected chi connectivity index (χ3v) is 5.90. The van der Waals surface area contributed by atoms with Crippen LogP contribution in [-0.4, -0.2) is 46.4 Å². The Morgan fingerprint density at radius 2 is 2.12 bits per heavy atom. The molecule has 0 aliphatic carbocycles. The van der Waals surface area contributed by atoms with Gasteiger partial charge < -0.3 is 24.1 Å². The van der Waals surface area contributed by atoms with Crippen molar-refractivity contribution in [3.05, 3.63) is 76.6 Å². The highest BCUT2D eigenvalue weighted by Gasteiger charge is 2.40. The van der Waals surface area contributed by atoms with Gasteiger partial charge >= 0.3 is 5.97 Å². The van der Waals surface area contributed by atoms with Crippen molar-refractivity contribution in [1.82, 2.24) is 14.9 Å². The molecule has 4 heterocycles. The number of rotatable bonds is 5. The summed E-state index contributed by atoms with van der Waals surface area (Å²) in [5.41, 5.74) is 3.64. The first-order chi connectivity index (χ1) is 16.4. The number of fused-ring (bicyclic) bond motifs is 2. The molecule has 34 heavy (non-hydrogen) atoms. The summed E-state index contributed by atoms with van der Waals surface area (Å²) in [5, 5.41) is 0.852. The average Bonchev–Trinajstić information content (AvgIpc) is 3.39. The lowest BCUT2D eigenvalue weighted by molar-refractivity contribution is -0.143. The first-order valence-corrected chi connectivity index (χ1v) is 11.2. The zero-order valence-corrected chi connectivity index (χ0v) is 19.3. The molecule has 2 aliphatic heterocycles. The molecule has 1 aromatic carbocycles. The summed E-state index contributed by atoms with van der Waals surface area (Å²) in [4.78, 5) is 35.6. The Labute approximate surface area is 196 Å². The summed E-state index contributed by atoms with van der Waals surface area (Å²) in [6.45, 7) is 4.58.